The van der Waals surface area contributed by atoms with E-state index in [1.807, 2.05) is 0 Å². The third-order valence-electron chi connectivity index (χ3n) is 1.71. The Hall–Kier alpha value is -2.38. The van der Waals surface area contributed by atoms with Crippen LogP contribution in [0.2, 0.25) is 0 Å². The van der Waals surface area contributed by atoms with Crippen molar-refractivity contribution in [3.05, 3.63) is 24.1 Å². The van der Waals surface area contributed by atoms with Crippen molar-refractivity contribution in [2.75, 3.05) is 5.73 Å². The number of carbonyl (C=O) groups is 1. The van der Waals surface area contributed by atoms with Crippen LogP contribution < -0.4 is 11.1 Å². The highest BCUT2D eigenvalue weighted by molar-refractivity contribution is 5.96. The van der Waals surface area contributed by atoms with Gasteiger partial charge in [0.25, 0.3) is 5.91 Å². The SMILES string of the molecule is Nc1cn[nH]c1C(=O)NCc1ncon1. The largest absolute Gasteiger partial charge is 0.396 e. The summed E-state index contributed by atoms with van der Waals surface area (Å²) in [6.07, 6.45) is 2.55. The Morgan fingerprint density at radius 1 is 1.67 bits per heavy atom. The number of H-pyrrole nitrogens is 1. The van der Waals surface area contributed by atoms with E-state index in [0.29, 0.717) is 11.5 Å². The summed E-state index contributed by atoms with van der Waals surface area (Å²) >= 11 is 0. The summed E-state index contributed by atoms with van der Waals surface area (Å²) < 4.78 is 4.50. The van der Waals surface area contributed by atoms with Gasteiger partial charge in [0.2, 0.25) is 6.39 Å². The average molecular weight is 208 g/mol. The Morgan fingerprint density at radius 2 is 2.53 bits per heavy atom. The lowest BCUT2D eigenvalue weighted by molar-refractivity contribution is 0.0945. The molecule has 0 bridgehead atoms. The number of aromatic amines is 1. The van der Waals surface area contributed by atoms with Gasteiger partial charge in [-0.15, -0.1) is 0 Å². The molecule has 0 aliphatic carbocycles. The Labute approximate surface area is 83.9 Å². The molecule has 0 aromatic carbocycles. The van der Waals surface area contributed by atoms with Crippen LogP contribution in [0.1, 0.15) is 16.3 Å². The molecule has 0 saturated heterocycles. The van der Waals surface area contributed by atoms with Crippen molar-refractivity contribution >= 4 is 11.6 Å². The lowest BCUT2D eigenvalue weighted by atomic mass is 10.3. The first-order chi connectivity index (χ1) is 7.27. The number of aromatic nitrogens is 4. The number of nitrogen functional groups attached to an aromatic ring is 1. The molecular formula is C7H8N6O2. The summed E-state index contributed by atoms with van der Waals surface area (Å²) in [5.74, 6) is 0.0243. The van der Waals surface area contributed by atoms with E-state index in [-0.39, 0.29) is 18.1 Å². The molecule has 8 nitrogen and oxygen atoms in total. The maximum atomic E-state index is 11.5. The molecule has 0 fully saturated rings. The topological polar surface area (TPSA) is 123 Å². The lowest BCUT2D eigenvalue weighted by Gasteiger charge is -1.99. The van der Waals surface area contributed by atoms with Gasteiger partial charge >= 0.3 is 0 Å². The zero-order valence-corrected chi connectivity index (χ0v) is 7.60. The maximum absolute atomic E-state index is 11.5. The minimum absolute atomic E-state index is 0.174. The highest BCUT2D eigenvalue weighted by atomic mass is 16.5. The van der Waals surface area contributed by atoms with Crippen LogP contribution in [0.15, 0.2) is 17.1 Å². The number of nitrogens with one attached hydrogen (secondary N) is 2. The van der Waals surface area contributed by atoms with Gasteiger partial charge in [-0.1, -0.05) is 5.16 Å². The van der Waals surface area contributed by atoms with Crippen molar-refractivity contribution in [3.8, 4) is 0 Å². The predicted molar refractivity (Wildman–Crippen MR) is 48.5 cm³/mol. The van der Waals surface area contributed by atoms with Gasteiger partial charge in [0.15, 0.2) is 5.82 Å². The van der Waals surface area contributed by atoms with Gasteiger partial charge in [-0.05, 0) is 0 Å². The number of amides is 1. The normalized spacial score (nSPS) is 10.1. The molecule has 1 amide bonds. The van der Waals surface area contributed by atoms with Crippen LogP contribution in [-0.2, 0) is 6.54 Å². The maximum Gasteiger partial charge on any atom is 0.271 e. The predicted octanol–water partition coefficient (Wildman–Crippen LogP) is -0.695. The standard InChI is InChI=1S/C7H8N6O2/c8-4-1-11-12-6(4)7(14)9-2-5-10-3-15-13-5/h1,3H,2,8H2,(H,9,14)(H,11,12). The van der Waals surface area contributed by atoms with Crippen molar-refractivity contribution < 1.29 is 9.32 Å². The summed E-state index contributed by atoms with van der Waals surface area (Å²) in [6.45, 7) is 0.174. The lowest BCUT2D eigenvalue weighted by Crippen LogP contribution is -2.24. The molecule has 0 spiro atoms. The van der Waals surface area contributed by atoms with Crippen molar-refractivity contribution in [2.45, 2.75) is 6.54 Å². The van der Waals surface area contributed by atoms with Gasteiger partial charge in [0.05, 0.1) is 18.4 Å². The second kappa shape index (κ2) is 3.78. The van der Waals surface area contributed by atoms with Crippen LogP contribution in [-0.4, -0.2) is 26.2 Å². The molecule has 0 aliphatic rings. The van der Waals surface area contributed by atoms with Gasteiger partial charge in [0, 0.05) is 0 Å². The minimum atomic E-state index is -0.366. The van der Waals surface area contributed by atoms with Crippen LogP contribution in [0.4, 0.5) is 5.69 Å². The van der Waals surface area contributed by atoms with Crippen LogP contribution in [0.3, 0.4) is 0 Å². The van der Waals surface area contributed by atoms with Crippen molar-refractivity contribution in [1.82, 2.24) is 25.7 Å². The van der Waals surface area contributed by atoms with Crippen LogP contribution in [0.5, 0.6) is 0 Å². The highest BCUT2D eigenvalue weighted by Gasteiger charge is 2.11. The van der Waals surface area contributed by atoms with E-state index >= 15 is 0 Å². The molecular weight excluding hydrogens is 200 g/mol. The Kier molecular flexibility index (Phi) is 2.31. The highest BCUT2D eigenvalue weighted by Crippen LogP contribution is 2.05. The smallest absolute Gasteiger partial charge is 0.271 e. The number of hydrogen-bond donors (Lipinski definition) is 3. The number of hydrogen-bond acceptors (Lipinski definition) is 6. The van der Waals surface area contributed by atoms with Crippen molar-refractivity contribution in [2.24, 2.45) is 0 Å². The number of nitrogens with two attached hydrogens (primary N) is 1. The van der Waals surface area contributed by atoms with Gasteiger partial charge in [0.1, 0.15) is 5.69 Å². The summed E-state index contributed by atoms with van der Waals surface area (Å²) in [5.41, 5.74) is 6.00. The van der Waals surface area contributed by atoms with Crippen molar-refractivity contribution in [1.29, 1.82) is 0 Å². The van der Waals surface area contributed by atoms with Gasteiger partial charge in [-0.2, -0.15) is 10.1 Å². The molecule has 4 N–H and O–H groups in total. The summed E-state index contributed by atoms with van der Waals surface area (Å²) in [4.78, 5) is 15.2. The third kappa shape index (κ3) is 1.93. The Morgan fingerprint density at radius 3 is 3.13 bits per heavy atom. The van der Waals surface area contributed by atoms with Crippen LogP contribution in [0, 0.1) is 0 Å². The van der Waals surface area contributed by atoms with E-state index in [0.717, 1.165) is 0 Å². The fraction of sp³-hybridized carbons (Fsp3) is 0.143. The Bertz CT molecular complexity index is 448. The molecule has 2 aromatic rings. The zero-order valence-electron chi connectivity index (χ0n) is 7.60. The average Bonchev–Trinajstić information content (AvgIpc) is 2.84. The van der Waals surface area contributed by atoms with E-state index in [4.69, 9.17) is 5.73 Å². The molecule has 2 heterocycles. The second-order valence-electron chi connectivity index (χ2n) is 2.73. The first kappa shape index (κ1) is 9.19. The number of carbonyl (C=O) groups excluding carboxylic acids is 1. The van der Waals surface area contributed by atoms with Gasteiger partial charge < -0.3 is 15.6 Å². The number of nitrogens with zero attached hydrogens (tertiary/aromatic N) is 3. The van der Waals surface area contributed by atoms with E-state index in [1.165, 1.54) is 12.6 Å². The minimum Gasteiger partial charge on any atom is -0.396 e. The molecule has 8 heteroatoms. The molecule has 15 heavy (non-hydrogen) atoms. The molecule has 0 atom stereocenters. The first-order valence-electron chi connectivity index (χ1n) is 4.09. The molecule has 0 radical (unpaired) electrons. The number of rotatable bonds is 3. The van der Waals surface area contributed by atoms with E-state index in [1.54, 1.807) is 0 Å². The fourth-order valence-corrected chi connectivity index (χ4v) is 0.995. The van der Waals surface area contributed by atoms with E-state index < -0.39 is 0 Å². The summed E-state index contributed by atoms with van der Waals surface area (Å²) in [5, 5.41) is 12.2. The van der Waals surface area contributed by atoms with E-state index in [2.05, 4.69) is 30.2 Å². The van der Waals surface area contributed by atoms with Crippen LogP contribution in [0.25, 0.3) is 0 Å². The molecule has 0 unspecified atom stereocenters. The third-order valence-corrected chi connectivity index (χ3v) is 1.71. The van der Waals surface area contributed by atoms with Crippen LogP contribution >= 0.6 is 0 Å². The molecule has 0 saturated carbocycles. The van der Waals surface area contributed by atoms with Gasteiger partial charge in [-0.3, -0.25) is 9.89 Å². The molecule has 2 rings (SSSR count). The first-order valence-corrected chi connectivity index (χ1v) is 4.09. The second-order valence-corrected chi connectivity index (χ2v) is 2.73. The number of anilines is 1. The fourth-order valence-electron chi connectivity index (χ4n) is 0.995. The van der Waals surface area contributed by atoms with Gasteiger partial charge in [-0.25, -0.2) is 0 Å². The quantitative estimate of drug-likeness (QED) is 0.613. The van der Waals surface area contributed by atoms with E-state index in [9.17, 15) is 4.79 Å². The summed E-state index contributed by atoms with van der Waals surface area (Å²) in [7, 11) is 0. The summed E-state index contributed by atoms with van der Waals surface area (Å²) in [6, 6.07) is 0. The molecule has 0 aliphatic heterocycles. The van der Waals surface area contributed by atoms with Crippen molar-refractivity contribution in [3.63, 3.8) is 0 Å². The molecule has 78 valence electrons. The molecule has 2 aromatic heterocycles. The zero-order chi connectivity index (χ0) is 10.7. The Balaban J connectivity index is 1.96. The monoisotopic (exact) mass is 208 g/mol.